The number of aromatic nitrogens is 2. The number of benzene rings is 2. The summed E-state index contributed by atoms with van der Waals surface area (Å²) in [5, 5.41) is 3.36. The number of halogens is 2. The van der Waals surface area contributed by atoms with E-state index in [1.165, 1.54) is 0 Å². The van der Waals surface area contributed by atoms with E-state index in [-0.39, 0.29) is 24.2 Å². The minimum atomic E-state index is -0.278. The summed E-state index contributed by atoms with van der Waals surface area (Å²) in [7, 11) is 0. The quantitative estimate of drug-likeness (QED) is 0.256. The monoisotopic (exact) mass is 515 g/mol. The first-order valence-electron chi connectivity index (χ1n) is 12.3. The smallest absolute Gasteiger partial charge is 0.224 e. The zero-order valence-corrected chi connectivity index (χ0v) is 22.4. The molecule has 1 unspecified atom stereocenters. The summed E-state index contributed by atoms with van der Waals surface area (Å²) in [5.41, 5.74) is 3.05. The molecule has 0 saturated carbocycles. The molecule has 3 aromatic rings. The lowest BCUT2D eigenvalue weighted by molar-refractivity contribution is -0.124. The first kappa shape index (κ1) is 27.3. The standard InChI is InChI=1S/C28H35ClFN3OS/c1-4-5-11-26-32-27(29)25(16-31-28(34)23(18-35)14-19(2)3)33(26)17-22-13-12-21(15-24(22)30)20-9-7-6-8-10-20/h6-10,12-13,15,19,23,35H,4-5,11,14,16-18H2,1-3H3,(H,31,34). The molecule has 188 valence electrons. The first-order valence-corrected chi connectivity index (χ1v) is 13.3. The van der Waals surface area contributed by atoms with Gasteiger partial charge in [-0.3, -0.25) is 4.79 Å². The van der Waals surface area contributed by atoms with Crippen molar-refractivity contribution in [3.05, 3.63) is 76.6 Å². The topological polar surface area (TPSA) is 46.9 Å². The summed E-state index contributed by atoms with van der Waals surface area (Å²) >= 11 is 10.9. The van der Waals surface area contributed by atoms with Crippen LogP contribution in [0.1, 0.15) is 57.1 Å². The Morgan fingerprint density at radius 3 is 2.54 bits per heavy atom. The van der Waals surface area contributed by atoms with E-state index >= 15 is 4.39 Å². The summed E-state index contributed by atoms with van der Waals surface area (Å²) in [4.78, 5) is 17.3. The van der Waals surface area contributed by atoms with E-state index in [1.807, 2.05) is 47.0 Å². The van der Waals surface area contributed by atoms with Gasteiger partial charge < -0.3 is 9.88 Å². The van der Waals surface area contributed by atoms with Crippen LogP contribution in [0, 0.1) is 17.7 Å². The van der Waals surface area contributed by atoms with Crippen molar-refractivity contribution in [2.45, 2.75) is 59.5 Å². The number of nitrogens with one attached hydrogen (secondary N) is 1. The summed E-state index contributed by atoms with van der Waals surface area (Å²) < 4.78 is 17.1. The van der Waals surface area contributed by atoms with Crippen LogP contribution in [0.3, 0.4) is 0 Å². The number of imidazole rings is 1. The van der Waals surface area contributed by atoms with Gasteiger partial charge in [-0.25, -0.2) is 9.37 Å². The van der Waals surface area contributed by atoms with E-state index in [9.17, 15) is 4.79 Å². The van der Waals surface area contributed by atoms with Gasteiger partial charge in [-0.2, -0.15) is 12.6 Å². The van der Waals surface area contributed by atoms with E-state index in [0.717, 1.165) is 42.6 Å². The average Bonchev–Trinajstić information content (AvgIpc) is 3.14. The van der Waals surface area contributed by atoms with Gasteiger partial charge in [0.05, 0.1) is 18.8 Å². The molecule has 0 saturated heterocycles. The van der Waals surface area contributed by atoms with E-state index < -0.39 is 0 Å². The Morgan fingerprint density at radius 2 is 1.91 bits per heavy atom. The van der Waals surface area contributed by atoms with Crippen LogP contribution in [0.25, 0.3) is 11.1 Å². The number of aryl methyl sites for hydroxylation is 1. The molecule has 0 spiro atoms. The largest absolute Gasteiger partial charge is 0.350 e. The van der Waals surface area contributed by atoms with Crippen molar-refractivity contribution in [3.8, 4) is 11.1 Å². The average molecular weight is 516 g/mol. The lowest BCUT2D eigenvalue weighted by atomic mass is 9.98. The summed E-state index contributed by atoms with van der Waals surface area (Å²) in [6.07, 6.45) is 3.46. The number of hydrogen-bond donors (Lipinski definition) is 2. The number of rotatable bonds is 12. The maximum Gasteiger partial charge on any atom is 0.224 e. The number of unbranched alkanes of at least 4 members (excludes halogenated alkanes) is 1. The Kier molecular flexibility index (Phi) is 10.2. The summed E-state index contributed by atoms with van der Waals surface area (Å²) in [6, 6.07) is 15.1. The summed E-state index contributed by atoms with van der Waals surface area (Å²) in [6.45, 7) is 6.83. The normalized spacial score (nSPS) is 12.2. The van der Waals surface area contributed by atoms with Gasteiger partial charge in [0, 0.05) is 23.7 Å². The minimum Gasteiger partial charge on any atom is -0.350 e. The molecule has 35 heavy (non-hydrogen) atoms. The molecule has 0 aliphatic heterocycles. The Balaban J connectivity index is 1.85. The zero-order chi connectivity index (χ0) is 25.4. The SMILES string of the molecule is CCCCc1nc(Cl)c(CNC(=O)C(CS)CC(C)C)n1Cc1ccc(-c2ccccc2)cc1F. The van der Waals surface area contributed by atoms with Gasteiger partial charge in [-0.05, 0) is 36.0 Å². The van der Waals surface area contributed by atoms with E-state index in [0.29, 0.717) is 34.6 Å². The third-order valence-electron chi connectivity index (χ3n) is 6.12. The van der Waals surface area contributed by atoms with Crippen molar-refractivity contribution in [2.24, 2.45) is 11.8 Å². The second-order valence-electron chi connectivity index (χ2n) is 9.35. The highest BCUT2D eigenvalue weighted by Gasteiger charge is 2.21. The predicted molar refractivity (Wildman–Crippen MR) is 145 cm³/mol. The van der Waals surface area contributed by atoms with Crippen molar-refractivity contribution in [2.75, 3.05) is 5.75 Å². The number of amides is 1. The lowest BCUT2D eigenvalue weighted by Crippen LogP contribution is -2.33. The molecule has 0 aliphatic carbocycles. The molecule has 4 nitrogen and oxygen atoms in total. The van der Waals surface area contributed by atoms with Crippen LogP contribution >= 0.6 is 24.2 Å². The molecule has 3 rings (SSSR count). The van der Waals surface area contributed by atoms with E-state index in [2.05, 4.69) is 43.7 Å². The van der Waals surface area contributed by atoms with Crippen LogP contribution in [0.15, 0.2) is 48.5 Å². The van der Waals surface area contributed by atoms with Gasteiger partial charge in [-0.15, -0.1) is 0 Å². The van der Waals surface area contributed by atoms with Crippen LogP contribution in [0.4, 0.5) is 4.39 Å². The van der Waals surface area contributed by atoms with Crippen molar-refractivity contribution in [3.63, 3.8) is 0 Å². The molecule has 0 aliphatic rings. The maximum absolute atomic E-state index is 15.2. The Labute approximate surface area is 218 Å². The highest BCUT2D eigenvalue weighted by molar-refractivity contribution is 7.80. The molecule has 1 N–H and O–H groups in total. The van der Waals surface area contributed by atoms with Crippen LogP contribution in [0.2, 0.25) is 5.15 Å². The van der Waals surface area contributed by atoms with Crippen LogP contribution < -0.4 is 5.32 Å². The van der Waals surface area contributed by atoms with E-state index in [4.69, 9.17) is 11.6 Å². The number of thiol groups is 1. The molecule has 0 fully saturated rings. The highest BCUT2D eigenvalue weighted by atomic mass is 35.5. The highest BCUT2D eigenvalue weighted by Crippen LogP contribution is 2.25. The van der Waals surface area contributed by atoms with Gasteiger partial charge in [0.15, 0.2) is 5.15 Å². The molecule has 1 heterocycles. The fourth-order valence-corrected chi connectivity index (χ4v) is 4.77. The van der Waals surface area contributed by atoms with Crippen LogP contribution in [0.5, 0.6) is 0 Å². The molecule has 0 radical (unpaired) electrons. The van der Waals surface area contributed by atoms with Crippen molar-refractivity contribution < 1.29 is 9.18 Å². The fraction of sp³-hybridized carbons (Fsp3) is 0.429. The molecule has 1 atom stereocenters. The van der Waals surface area contributed by atoms with Gasteiger partial charge in [0.25, 0.3) is 0 Å². The molecule has 0 bridgehead atoms. The molecule has 1 aromatic heterocycles. The Morgan fingerprint density at radius 1 is 1.17 bits per heavy atom. The molecular weight excluding hydrogens is 481 g/mol. The van der Waals surface area contributed by atoms with Crippen molar-refractivity contribution >= 4 is 30.1 Å². The van der Waals surface area contributed by atoms with Gasteiger partial charge >= 0.3 is 0 Å². The predicted octanol–water partition coefficient (Wildman–Crippen LogP) is 6.94. The second kappa shape index (κ2) is 13.1. The number of carbonyl (C=O) groups is 1. The molecular formula is C28H35ClFN3OS. The first-order chi connectivity index (χ1) is 16.8. The maximum atomic E-state index is 15.2. The van der Waals surface area contributed by atoms with E-state index in [1.54, 1.807) is 6.07 Å². The van der Waals surface area contributed by atoms with Gasteiger partial charge in [-0.1, -0.05) is 81.3 Å². The zero-order valence-electron chi connectivity index (χ0n) is 20.7. The number of hydrogen-bond acceptors (Lipinski definition) is 3. The number of nitrogens with zero attached hydrogens (tertiary/aromatic N) is 2. The van der Waals surface area contributed by atoms with Crippen LogP contribution in [-0.2, 0) is 24.3 Å². The number of carbonyl (C=O) groups excluding carboxylic acids is 1. The fourth-order valence-electron chi connectivity index (χ4n) is 4.19. The second-order valence-corrected chi connectivity index (χ2v) is 10.1. The Hall–Kier alpha value is -2.31. The third-order valence-corrected chi connectivity index (χ3v) is 6.87. The molecule has 2 aromatic carbocycles. The van der Waals surface area contributed by atoms with Gasteiger partial charge in [0.1, 0.15) is 11.6 Å². The van der Waals surface area contributed by atoms with Crippen molar-refractivity contribution in [1.29, 1.82) is 0 Å². The third kappa shape index (κ3) is 7.34. The Bertz CT molecular complexity index is 1120. The van der Waals surface area contributed by atoms with Gasteiger partial charge in [0.2, 0.25) is 5.91 Å². The van der Waals surface area contributed by atoms with Crippen molar-refractivity contribution in [1.82, 2.24) is 14.9 Å². The minimum absolute atomic E-state index is 0.0500. The molecule has 7 heteroatoms. The van der Waals surface area contributed by atoms with Crippen LogP contribution in [-0.4, -0.2) is 21.2 Å². The summed E-state index contributed by atoms with van der Waals surface area (Å²) in [5.74, 6) is 1.19. The molecule has 1 amide bonds. The lowest BCUT2D eigenvalue weighted by Gasteiger charge is -2.18.